The van der Waals surface area contributed by atoms with Gasteiger partial charge in [-0.25, -0.2) is 4.79 Å². The molecular weight excluding hydrogens is 238 g/mol. The second-order valence-corrected chi connectivity index (χ2v) is 4.24. The monoisotopic (exact) mass is 247 g/mol. The van der Waals surface area contributed by atoms with E-state index in [2.05, 4.69) is 16.1 Å². The molecule has 2 aromatic rings. The summed E-state index contributed by atoms with van der Waals surface area (Å²) in [5.41, 5.74) is 2.37. The molecule has 2 aromatic carbocycles. The number of carbonyl (C=O) groups excluding carboxylic acids is 1. The van der Waals surface area contributed by atoms with E-state index in [9.17, 15) is 10.1 Å². The Morgan fingerprint density at radius 3 is 2.58 bits per heavy atom. The molecule has 0 fully saturated rings. The smallest absolute Gasteiger partial charge is 0.244 e. The van der Waals surface area contributed by atoms with Crippen molar-refractivity contribution >= 4 is 6.03 Å². The zero-order valence-electron chi connectivity index (χ0n) is 10.00. The summed E-state index contributed by atoms with van der Waals surface area (Å²) in [7, 11) is 0. The van der Waals surface area contributed by atoms with Crippen LogP contribution in [0.4, 0.5) is 4.79 Å². The summed E-state index contributed by atoms with van der Waals surface area (Å²) in [6, 6.07) is 14.8. The highest BCUT2D eigenvalue weighted by atomic mass is 16.2. The van der Waals surface area contributed by atoms with Crippen molar-refractivity contribution in [1.82, 2.24) is 0 Å². The number of benzene rings is 2. The molecule has 0 unspecified atom stereocenters. The Kier molecular flexibility index (Phi) is 2.66. The molecule has 4 heteroatoms. The topological polar surface area (TPSA) is 65.6 Å². The molecule has 0 spiro atoms. The molecule has 90 valence electrons. The second-order valence-electron chi connectivity index (χ2n) is 4.24. The molecule has 0 atom stereocenters. The van der Waals surface area contributed by atoms with Crippen molar-refractivity contribution in [1.29, 1.82) is 5.26 Å². The Morgan fingerprint density at radius 2 is 1.84 bits per heavy atom. The van der Waals surface area contributed by atoms with Crippen molar-refractivity contribution in [2.45, 2.75) is 6.42 Å². The number of nitrogens with zero attached hydrogens (tertiary/aromatic N) is 3. The maximum absolute atomic E-state index is 11.3. The highest BCUT2D eigenvalue weighted by Gasteiger charge is 2.13. The summed E-state index contributed by atoms with van der Waals surface area (Å²) in [5, 5.41) is 10.3. The zero-order chi connectivity index (χ0) is 13.2. The quantitative estimate of drug-likeness (QED) is 0.807. The molecule has 0 radical (unpaired) electrons. The van der Waals surface area contributed by atoms with Crippen LogP contribution in [0.1, 0.15) is 16.7 Å². The minimum atomic E-state index is -0.501. The predicted molar refractivity (Wildman–Crippen MR) is 68.1 cm³/mol. The van der Waals surface area contributed by atoms with E-state index in [0.29, 0.717) is 22.7 Å². The van der Waals surface area contributed by atoms with Crippen LogP contribution >= 0.6 is 0 Å². The summed E-state index contributed by atoms with van der Waals surface area (Å²) in [6.07, 6.45) is 0.569. The van der Waals surface area contributed by atoms with Crippen LogP contribution in [-0.4, -0.2) is 6.03 Å². The summed E-state index contributed by atoms with van der Waals surface area (Å²) >= 11 is 0. The van der Waals surface area contributed by atoms with Gasteiger partial charge in [0, 0.05) is 12.0 Å². The molecule has 0 bridgehead atoms. The predicted octanol–water partition coefficient (Wildman–Crippen LogP) is 1.52. The van der Waals surface area contributed by atoms with Crippen LogP contribution in [0.3, 0.4) is 0 Å². The van der Waals surface area contributed by atoms with Gasteiger partial charge in [0.25, 0.3) is 0 Å². The Hall–Kier alpha value is -2.80. The van der Waals surface area contributed by atoms with Crippen LogP contribution in [0.25, 0.3) is 0 Å². The first kappa shape index (κ1) is 11.3. The van der Waals surface area contributed by atoms with Gasteiger partial charge in [-0.2, -0.15) is 15.2 Å². The number of rotatable bonds is 2. The Bertz CT molecular complexity index is 817. The van der Waals surface area contributed by atoms with E-state index in [4.69, 9.17) is 0 Å². The molecule has 0 N–H and O–H groups in total. The molecule has 0 saturated heterocycles. The molecule has 2 amide bonds. The van der Waals surface area contributed by atoms with E-state index in [1.165, 1.54) is 0 Å². The number of urea groups is 1. The summed E-state index contributed by atoms with van der Waals surface area (Å²) in [4.78, 5) is 19.0. The Morgan fingerprint density at radius 1 is 1.05 bits per heavy atom. The van der Waals surface area contributed by atoms with Crippen molar-refractivity contribution < 1.29 is 4.79 Å². The lowest BCUT2D eigenvalue weighted by atomic mass is 9.99. The fourth-order valence-corrected chi connectivity index (χ4v) is 2.15. The average Bonchev–Trinajstić information content (AvgIpc) is 2.81. The minimum absolute atomic E-state index is 0.501. The summed E-state index contributed by atoms with van der Waals surface area (Å²) < 4.78 is 0. The number of nitriles is 1. The maximum atomic E-state index is 11.3. The molecule has 4 nitrogen and oxygen atoms in total. The second kappa shape index (κ2) is 4.46. The van der Waals surface area contributed by atoms with Gasteiger partial charge in [0.1, 0.15) is 0 Å². The fourth-order valence-electron chi connectivity index (χ4n) is 2.15. The van der Waals surface area contributed by atoms with Crippen LogP contribution < -0.4 is 10.7 Å². The third-order valence-corrected chi connectivity index (χ3v) is 3.03. The van der Waals surface area contributed by atoms with E-state index >= 15 is 0 Å². The third-order valence-electron chi connectivity index (χ3n) is 3.03. The molecule has 19 heavy (non-hydrogen) atoms. The fraction of sp³-hybridized carbons (Fsp3) is 0.0667. The molecule has 0 aliphatic carbocycles. The maximum Gasteiger partial charge on any atom is 0.368 e. The van der Waals surface area contributed by atoms with E-state index in [1.54, 1.807) is 12.1 Å². The first-order valence-electron chi connectivity index (χ1n) is 5.85. The lowest BCUT2D eigenvalue weighted by Gasteiger charge is -2.03. The van der Waals surface area contributed by atoms with E-state index in [0.717, 1.165) is 11.1 Å². The van der Waals surface area contributed by atoms with Crippen molar-refractivity contribution in [3.63, 3.8) is 0 Å². The SMILES string of the molecule is N#Cc1ccc2c(c1Cc1ccccc1)=NC(=O)N=2. The first-order chi connectivity index (χ1) is 9.28. The van der Waals surface area contributed by atoms with Gasteiger partial charge in [0.15, 0.2) is 0 Å². The van der Waals surface area contributed by atoms with E-state index < -0.39 is 6.03 Å². The number of fused-ring (bicyclic) bond motifs is 1. The Labute approximate surface area is 109 Å². The highest BCUT2D eigenvalue weighted by molar-refractivity contribution is 5.77. The summed E-state index contributed by atoms with van der Waals surface area (Å²) in [5.74, 6) is 0. The van der Waals surface area contributed by atoms with Crippen LogP contribution in [0.2, 0.25) is 0 Å². The third kappa shape index (κ3) is 2.02. The molecule has 3 rings (SSSR count). The van der Waals surface area contributed by atoms with Gasteiger partial charge in [0.05, 0.1) is 22.3 Å². The van der Waals surface area contributed by atoms with Crippen molar-refractivity contribution in [2.24, 2.45) is 9.98 Å². The lowest BCUT2D eigenvalue weighted by Crippen LogP contribution is -2.27. The van der Waals surface area contributed by atoms with Gasteiger partial charge in [-0.3, -0.25) is 0 Å². The molecule has 1 aliphatic heterocycles. The summed E-state index contributed by atoms with van der Waals surface area (Å²) in [6.45, 7) is 0. The molecular formula is C15H9N3O. The van der Waals surface area contributed by atoms with Gasteiger partial charge >= 0.3 is 6.03 Å². The van der Waals surface area contributed by atoms with Gasteiger partial charge in [0.2, 0.25) is 0 Å². The van der Waals surface area contributed by atoms with Gasteiger partial charge < -0.3 is 0 Å². The number of hydrogen-bond donors (Lipinski definition) is 0. The number of amides is 2. The zero-order valence-corrected chi connectivity index (χ0v) is 10.00. The van der Waals surface area contributed by atoms with Crippen LogP contribution in [-0.2, 0) is 6.42 Å². The van der Waals surface area contributed by atoms with Gasteiger partial charge in [-0.05, 0) is 17.7 Å². The Balaban J connectivity index is 2.20. The molecule has 1 heterocycles. The molecule has 0 saturated carbocycles. The standard InChI is InChI=1S/C15H9N3O/c16-9-11-6-7-13-14(18-15(19)17-13)12(11)8-10-4-2-1-3-5-10/h1-7H,8H2. The normalized spacial score (nSPS) is 12.3. The molecule has 1 aliphatic rings. The first-order valence-corrected chi connectivity index (χ1v) is 5.85. The van der Waals surface area contributed by atoms with E-state index in [1.807, 2.05) is 30.3 Å². The number of carbonyl (C=O) groups is 1. The van der Waals surface area contributed by atoms with Crippen molar-refractivity contribution in [3.05, 3.63) is 69.9 Å². The molecule has 0 aromatic heterocycles. The lowest BCUT2D eigenvalue weighted by molar-refractivity contribution is 0.256. The van der Waals surface area contributed by atoms with E-state index in [-0.39, 0.29) is 0 Å². The van der Waals surface area contributed by atoms with Crippen LogP contribution in [0.15, 0.2) is 52.4 Å². The average molecular weight is 247 g/mol. The minimum Gasteiger partial charge on any atom is -0.244 e. The largest absolute Gasteiger partial charge is 0.368 e. The van der Waals surface area contributed by atoms with Crippen LogP contribution in [0.5, 0.6) is 0 Å². The van der Waals surface area contributed by atoms with Crippen LogP contribution in [0, 0.1) is 11.3 Å². The van der Waals surface area contributed by atoms with Crippen molar-refractivity contribution in [2.75, 3.05) is 0 Å². The number of hydrogen-bond acceptors (Lipinski definition) is 2. The highest BCUT2D eigenvalue weighted by Crippen LogP contribution is 2.09. The van der Waals surface area contributed by atoms with Gasteiger partial charge in [-0.1, -0.05) is 30.3 Å². The van der Waals surface area contributed by atoms with Crippen molar-refractivity contribution in [3.8, 4) is 6.07 Å². The van der Waals surface area contributed by atoms with Gasteiger partial charge in [-0.15, -0.1) is 0 Å².